The Kier molecular flexibility index (Phi) is 7.09. The van der Waals surface area contributed by atoms with E-state index >= 15 is 0 Å². The van der Waals surface area contributed by atoms with E-state index in [1.54, 1.807) is 0 Å². The molecule has 102 valence electrons. The topological polar surface area (TPSA) is 41.5 Å². The fourth-order valence-electron chi connectivity index (χ4n) is 2.29. The summed E-state index contributed by atoms with van der Waals surface area (Å²) >= 11 is 0. The summed E-state index contributed by atoms with van der Waals surface area (Å²) in [6.07, 6.45) is 6.53. The zero-order valence-electron chi connectivity index (χ0n) is 11.5. The molecular formula is C14H29NO2. The second-order valence-corrected chi connectivity index (χ2v) is 5.55. The van der Waals surface area contributed by atoms with Crippen LogP contribution in [0.1, 0.15) is 52.4 Å². The maximum atomic E-state index is 10.3. The standard InChI is InChI=1S/C14H29NO2/c1-3-4-10-17-11-9-15-12-14(16)7-5-13(2)6-8-14/h13,15-16H,3-12H2,1-2H3. The SMILES string of the molecule is CCCCOCCNCC1(O)CCC(C)CC1. The number of rotatable bonds is 8. The molecule has 0 atom stereocenters. The van der Waals surface area contributed by atoms with E-state index in [0.29, 0.717) is 0 Å². The van der Waals surface area contributed by atoms with Crippen LogP contribution in [-0.2, 0) is 4.74 Å². The summed E-state index contributed by atoms with van der Waals surface area (Å²) in [6, 6.07) is 0. The Morgan fingerprint density at radius 2 is 2.00 bits per heavy atom. The van der Waals surface area contributed by atoms with Gasteiger partial charge in [0, 0.05) is 19.7 Å². The van der Waals surface area contributed by atoms with E-state index in [0.717, 1.165) is 64.3 Å². The van der Waals surface area contributed by atoms with Crippen molar-refractivity contribution in [1.82, 2.24) is 5.32 Å². The molecule has 1 aliphatic rings. The molecule has 17 heavy (non-hydrogen) atoms. The zero-order valence-corrected chi connectivity index (χ0v) is 11.5. The molecule has 0 amide bonds. The predicted molar refractivity (Wildman–Crippen MR) is 71.2 cm³/mol. The van der Waals surface area contributed by atoms with Gasteiger partial charge in [0.1, 0.15) is 0 Å². The van der Waals surface area contributed by atoms with Crippen LogP contribution in [0.25, 0.3) is 0 Å². The highest BCUT2D eigenvalue weighted by Crippen LogP contribution is 2.31. The normalized spacial score (nSPS) is 29.5. The number of ether oxygens (including phenoxy) is 1. The molecule has 0 aromatic heterocycles. The van der Waals surface area contributed by atoms with Gasteiger partial charge in [-0.3, -0.25) is 0 Å². The van der Waals surface area contributed by atoms with Crippen LogP contribution < -0.4 is 5.32 Å². The third-order valence-electron chi connectivity index (χ3n) is 3.72. The first-order chi connectivity index (χ1) is 8.16. The minimum absolute atomic E-state index is 0.462. The van der Waals surface area contributed by atoms with Crippen LogP contribution in [0.15, 0.2) is 0 Å². The average Bonchev–Trinajstić information content (AvgIpc) is 2.32. The lowest BCUT2D eigenvalue weighted by Gasteiger charge is -2.35. The lowest BCUT2D eigenvalue weighted by Crippen LogP contribution is -2.44. The summed E-state index contributed by atoms with van der Waals surface area (Å²) < 4.78 is 5.47. The quantitative estimate of drug-likeness (QED) is 0.643. The summed E-state index contributed by atoms with van der Waals surface area (Å²) in [5, 5.41) is 13.6. The van der Waals surface area contributed by atoms with E-state index in [2.05, 4.69) is 19.2 Å². The smallest absolute Gasteiger partial charge is 0.0771 e. The maximum Gasteiger partial charge on any atom is 0.0771 e. The molecule has 0 radical (unpaired) electrons. The second-order valence-electron chi connectivity index (χ2n) is 5.55. The van der Waals surface area contributed by atoms with Crippen LogP contribution in [0.3, 0.4) is 0 Å². The molecule has 3 heteroatoms. The van der Waals surface area contributed by atoms with Crippen molar-refractivity contribution in [2.45, 2.75) is 58.0 Å². The fraction of sp³-hybridized carbons (Fsp3) is 1.00. The molecule has 1 fully saturated rings. The van der Waals surface area contributed by atoms with Crippen LogP contribution in [0.2, 0.25) is 0 Å². The van der Waals surface area contributed by atoms with Crippen LogP contribution in [-0.4, -0.2) is 37.0 Å². The van der Waals surface area contributed by atoms with Gasteiger partial charge in [0.2, 0.25) is 0 Å². The van der Waals surface area contributed by atoms with E-state index in [4.69, 9.17) is 4.74 Å². The molecule has 0 aromatic carbocycles. The van der Waals surface area contributed by atoms with Gasteiger partial charge in [-0.05, 0) is 38.0 Å². The van der Waals surface area contributed by atoms with Gasteiger partial charge in [-0.2, -0.15) is 0 Å². The van der Waals surface area contributed by atoms with E-state index in [-0.39, 0.29) is 0 Å². The van der Waals surface area contributed by atoms with Crippen molar-refractivity contribution in [3.05, 3.63) is 0 Å². The Morgan fingerprint density at radius 3 is 2.65 bits per heavy atom. The van der Waals surface area contributed by atoms with Gasteiger partial charge < -0.3 is 15.2 Å². The molecule has 2 N–H and O–H groups in total. The Labute approximate surface area is 106 Å². The van der Waals surface area contributed by atoms with Gasteiger partial charge >= 0.3 is 0 Å². The number of unbranched alkanes of at least 4 members (excludes halogenated alkanes) is 1. The van der Waals surface area contributed by atoms with Crippen molar-refractivity contribution >= 4 is 0 Å². The van der Waals surface area contributed by atoms with Gasteiger partial charge in [-0.15, -0.1) is 0 Å². The number of nitrogens with one attached hydrogen (secondary N) is 1. The summed E-state index contributed by atoms with van der Waals surface area (Å²) in [5.74, 6) is 0.785. The van der Waals surface area contributed by atoms with E-state index in [1.807, 2.05) is 0 Å². The molecule has 0 heterocycles. The summed E-state index contributed by atoms with van der Waals surface area (Å²) in [6.45, 7) is 7.63. The first-order valence-electron chi connectivity index (χ1n) is 7.17. The molecule has 1 aliphatic carbocycles. The summed E-state index contributed by atoms with van der Waals surface area (Å²) in [4.78, 5) is 0. The highest BCUT2D eigenvalue weighted by molar-refractivity contribution is 4.86. The summed E-state index contributed by atoms with van der Waals surface area (Å²) in [7, 11) is 0. The molecule has 0 unspecified atom stereocenters. The molecule has 0 aromatic rings. The predicted octanol–water partition coefficient (Wildman–Crippen LogP) is 2.33. The lowest BCUT2D eigenvalue weighted by molar-refractivity contribution is -0.00733. The van der Waals surface area contributed by atoms with Crippen LogP contribution >= 0.6 is 0 Å². The van der Waals surface area contributed by atoms with Gasteiger partial charge in [-0.1, -0.05) is 20.3 Å². The maximum absolute atomic E-state index is 10.3. The van der Waals surface area contributed by atoms with Crippen molar-refractivity contribution in [2.75, 3.05) is 26.3 Å². The third kappa shape index (κ3) is 6.39. The van der Waals surface area contributed by atoms with Crippen LogP contribution in [0.4, 0.5) is 0 Å². The van der Waals surface area contributed by atoms with Crippen molar-refractivity contribution < 1.29 is 9.84 Å². The molecule has 0 bridgehead atoms. The first-order valence-corrected chi connectivity index (χ1v) is 7.17. The summed E-state index contributed by atoms with van der Waals surface area (Å²) in [5.41, 5.74) is -0.462. The second kappa shape index (κ2) is 8.06. The lowest BCUT2D eigenvalue weighted by atomic mass is 9.79. The minimum atomic E-state index is -0.462. The average molecular weight is 243 g/mol. The highest BCUT2D eigenvalue weighted by Gasteiger charge is 2.30. The van der Waals surface area contributed by atoms with Crippen molar-refractivity contribution in [3.8, 4) is 0 Å². The molecule has 0 spiro atoms. The van der Waals surface area contributed by atoms with Crippen molar-refractivity contribution in [3.63, 3.8) is 0 Å². The molecular weight excluding hydrogens is 214 g/mol. The number of hydrogen-bond donors (Lipinski definition) is 2. The fourth-order valence-corrected chi connectivity index (χ4v) is 2.29. The molecule has 1 saturated carbocycles. The monoisotopic (exact) mass is 243 g/mol. The Balaban J connectivity index is 1.98. The van der Waals surface area contributed by atoms with E-state index in [1.165, 1.54) is 6.42 Å². The van der Waals surface area contributed by atoms with Gasteiger partial charge in [0.25, 0.3) is 0 Å². The van der Waals surface area contributed by atoms with E-state index in [9.17, 15) is 5.11 Å². The van der Waals surface area contributed by atoms with Crippen LogP contribution in [0, 0.1) is 5.92 Å². The number of hydrogen-bond acceptors (Lipinski definition) is 3. The molecule has 3 nitrogen and oxygen atoms in total. The number of aliphatic hydroxyl groups is 1. The third-order valence-corrected chi connectivity index (χ3v) is 3.72. The van der Waals surface area contributed by atoms with Crippen molar-refractivity contribution in [1.29, 1.82) is 0 Å². The van der Waals surface area contributed by atoms with Gasteiger partial charge in [-0.25, -0.2) is 0 Å². The Morgan fingerprint density at radius 1 is 1.29 bits per heavy atom. The largest absolute Gasteiger partial charge is 0.389 e. The van der Waals surface area contributed by atoms with Crippen LogP contribution in [0.5, 0.6) is 0 Å². The van der Waals surface area contributed by atoms with Crippen molar-refractivity contribution in [2.24, 2.45) is 5.92 Å². The Hall–Kier alpha value is -0.120. The first kappa shape index (κ1) is 14.9. The highest BCUT2D eigenvalue weighted by atomic mass is 16.5. The molecule has 0 saturated heterocycles. The molecule has 1 rings (SSSR count). The molecule has 0 aliphatic heterocycles. The van der Waals surface area contributed by atoms with Gasteiger partial charge in [0.15, 0.2) is 0 Å². The minimum Gasteiger partial charge on any atom is -0.389 e. The zero-order chi connectivity index (χ0) is 12.6. The van der Waals surface area contributed by atoms with Gasteiger partial charge in [0.05, 0.1) is 12.2 Å². The van der Waals surface area contributed by atoms with E-state index < -0.39 is 5.60 Å². The Bertz CT molecular complexity index is 189.